The van der Waals surface area contributed by atoms with Gasteiger partial charge in [-0.25, -0.2) is 8.42 Å². The lowest BCUT2D eigenvalue weighted by molar-refractivity contribution is -0.0230. The minimum absolute atomic E-state index is 0.121. The molecular weight excluding hydrogens is 312 g/mol. The van der Waals surface area contributed by atoms with E-state index in [9.17, 15) is 8.42 Å². The van der Waals surface area contributed by atoms with Crippen molar-refractivity contribution in [2.24, 2.45) is 5.73 Å². The van der Waals surface area contributed by atoms with Crippen molar-refractivity contribution in [1.82, 2.24) is 4.31 Å². The topological polar surface area (TPSA) is 72.6 Å². The summed E-state index contributed by atoms with van der Waals surface area (Å²) in [6, 6.07) is 4.69. The zero-order chi connectivity index (χ0) is 15.6. The molecule has 1 saturated heterocycles. The van der Waals surface area contributed by atoms with E-state index in [0.717, 1.165) is 5.56 Å². The van der Waals surface area contributed by atoms with Gasteiger partial charge in [0.15, 0.2) is 0 Å². The molecular formula is C14H21ClN2O3S. The molecule has 1 aliphatic rings. The molecule has 1 heterocycles. The molecule has 0 radical (unpaired) electrons. The average molecular weight is 333 g/mol. The second-order valence-electron chi connectivity index (χ2n) is 5.25. The van der Waals surface area contributed by atoms with Gasteiger partial charge in [0, 0.05) is 19.1 Å². The lowest BCUT2D eigenvalue weighted by atomic mass is 10.2. The molecule has 21 heavy (non-hydrogen) atoms. The van der Waals surface area contributed by atoms with Crippen molar-refractivity contribution < 1.29 is 13.2 Å². The van der Waals surface area contributed by atoms with Crippen molar-refractivity contribution in [1.29, 1.82) is 0 Å². The first-order valence-corrected chi connectivity index (χ1v) is 8.83. The third kappa shape index (κ3) is 3.40. The first-order valence-electron chi connectivity index (χ1n) is 7.02. The number of nitrogens with two attached hydrogens (primary N) is 1. The van der Waals surface area contributed by atoms with Gasteiger partial charge >= 0.3 is 0 Å². The fourth-order valence-electron chi connectivity index (χ4n) is 2.44. The number of halogens is 1. The van der Waals surface area contributed by atoms with E-state index in [-0.39, 0.29) is 22.1 Å². The Bertz CT molecular complexity index is 606. The summed E-state index contributed by atoms with van der Waals surface area (Å²) in [4.78, 5) is 0.133. The van der Waals surface area contributed by atoms with Crippen LogP contribution in [0.3, 0.4) is 0 Å². The van der Waals surface area contributed by atoms with E-state index < -0.39 is 10.0 Å². The SMILES string of the molecule is CCC1COC(C)CN1S(=O)(=O)c1ccc(CN)cc1Cl. The van der Waals surface area contributed by atoms with Gasteiger partial charge in [0.25, 0.3) is 0 Å². The minimum atomic E-state index is -3.63. The van der Waals surface area contributed by atoms with Gasteiger partial charge in [-0.3, -0.25) is 0 Å². The Morgan fingerprint density at radius 1 is 1.48 bits per heavy atom. The molecule has 1 aromatic rings. The van der Waals surface area contributed by atoms with Crippen LogP contribution in [0.2, 0.25) is 5.02 Å². The molecule has 0 amide bonds. The smallest absolute Gasteiger partial charge is 0.244 e. The monoisotopic (exact) mass is 332 g/mol. The van der Waals surface area contributed by atoms with E-state index in [1.54, 1.807) is 12.1 Å². The fraction of sp³-hybridized carbons (Fsp3) is 0.571. The number of morpholine rings is 1. The molecule has 2 unspecified atom stereocenters. The second kappa shape index (κ2) is 6.62. The van der Waals surface area contributed by atoms with Crippen LogP contribution in [0.25, 0.3) is 0 Å². The van der Waals surface area contributed by atoms with Crippen LogP contribution in [0.1, 0.15) is 25.8 Å². The molecule has 118 valence electrons. The van der Waals surface area contributed by atoms with Gasteiger partial charge in [-0.15, -0.1) is 0 Å². The molecule has 0 bridgehead atoms. The number of nitrogens with zero attached hydrogens (tertiary/aromatic N) is 1. The molecule has 1 fully saturated rings. The van der Waals surface area contributed by atoms with Crippen molar-refractivity contribution in [3.63, 3.8) is 0 Å². The van der Waals surface area contributed by atoms with Crippen LogP contribution < -0.4 is 5.73 Å². The largest absolute Gasteiger partial charge is 0.375 e. The highest BCUT2D eigenvalue weighted by atomic mass is 35.5. The average Bonchev–Trinajstić information content (AvgIpc) is 2.46. The summed E-state index contributed by atoms with van der Waals surface area (Å²) in [6.45, 7) is 4.90. The van der Waals surface area contributed by atoms with E-state index in [0.29, 0.717) is 26.1 Å². The maximum absolute atomic E-state index is 12.9. The van der Waals surface area contributed by atoms with Crippen LogP contribution in [0.4, 0.5) is 0 Å². The predicted molar refractivity (Wildman–Crippen MR) is 82.7 cm³/mol. The Labute approximate surface area is 131 Å². The molecule has 0 spiro atoms. The summed E-state index contributed by atoms with van der Waals surface area (Å²) in [7, 11) is -3.63. The van der Waals surface area contributed by atoms with Crippen LogP contribution in [0, 0.1) is 0 Å². The maximum atomic E-state index is 12.9. The molecule has 2 N–H and O–H groups in total. The van der Waals surface area contributed by atoms with Gasteiger partial charge in [-0.2, -0.15) is 4.31 Å². The summed E-state index contributed by atoms with van der Waals surface area (Å²) in [5.74, 6) is 0. The second-order valence-corrected chi connectivity index (χ2v) is 7.52. The highest BCUT2D eigenvalue weighted by molar-refractivity contribution is 7.89. The lowest BCUT2D eigenvalue weighted by Gasteiger charge is -2.37. The Morgan fingerprint density at radius 2 is 2.19 bits per heavy atom. The normalized spacial score (nSPS) is 24.2. The van der Waals surface area contributed by atoms with Crippen LogP contribution in [-0.2, 0) is 21.3 Å². The van der Waals surface area contributed by atoms with Gasteiger partial charge in [0.05, 0.1) is 17.7 Å². The van der Waals surface area contributed by atoms with E-state index in [4.69, 9.17) is 22.1 Å². The maximum Gasteiger partial charge on any atom is 0.244 e. The van der Waals surface area contributed by atoms with Gasteiger partial charge in [-0.05, 0) is 31.0 Å². The molecule has 7 heteroatoms. The van der Waals surface area contributed by atoms with Crippen LogP contribution in [0.5, 0.6) is 0 Å². The zero-order valence-electron chi connectivity index (χ0n) is 12.3. The minimum Gasteiger partial charge on any atom is -0.375 e. The summed E-state index contributed by atoms with van der Waals surface area (Å²) in [5.41, 5.74) is 6.35. The van der Waals surface area contributed by atoms with Crippen LogP contribution in [0.15, 0.2) is 23.1 Å². The molecule has 1 aliphatic heterocycles. The molecule has 0 saturated carbocycles. The Hall–Kier alpha value is -0.660. The highest BCUT2D eigenvalue weighted by Gasteiger charge is 2.36. The first kappa shape index (κ1) is 16.7. The first-order chi connectivity index (χ1) is 9.90. The van der Waals surface area contributed by atoms with E-state index in [1.165, 1.54) is 10.4 Å². The summed E-state index contributed by atoms with van der Waals surface area (Å²) >= 11 is 6.15. The van der Waals surface area contributed by atoms with Crippen LogP contribution >= 0.6 is 11.6 Å². The predicted octanol–water partition coefficient (Wildman–Crippen LogP) is 1.99. The molecule has 1 aromatic carbocycles. The van der Waals surface area contributed by atoms with Gasteiger partial charge in [0.2, 0.25) is 10.0 Å². The highest BCUT2D eigenvalue weighted by Crippen LogP contribution is 2.29. The van der Waals surface area contributed by atoms with E-state index in [1.807, 2.05) is 13.8 Å². The number of hydrogen-bond acceptors (Lipinski definition) is 4. The summed E-state index contributed by atoms with van der Waals surface area (Å²) < 4.78 is 32.8. The fourth-order valence-corrected chi connectivity index (χ4v) is 4.74. The van der Waals surface area contributed by atoms with Crippen molar-refractivity contribution in [3.05, 3.63) is 28.8 Å². The number of rotatable bonds is 4. The quantitative estimate of drug-likeness (QED) is 0.915. The van der Waals surface area contributed by atoms with E-state index >= 15 is 0 Å². The molecule has 0 aromatic heterocycles. The van der Waals surface area contributed by atoms with Crippen LogP contribution in [-0.4, -0.2) is 38.0 Å². The third-order valence-electron chi connectivity index (χ3n) is 3.71. The number of benzene rings is 1. The number of sulfonamides is 1. The van der Waals surface area contributed by atoms with E-state index in [2.05, 4.69) is 0 Å². The Balaban J connectivity index is 2.40. The van der Waals surface area contributed by atoms with Gasteiger partial charge in [-0.1, -0.05) is 24.6 Å². The molecule has 2 rings (SSSR count). The molecule has 5 nitrogen and oxygen atoms in total. The Morgan fingerprint density at radius 3 is 2.76 bits per heavy atom. The number of ether oxygens (including phenoxy) is 1. The molecule has 0 aliphatic carbocycles. The lowest BCUT2D eigenvalue weighted by Crippen LogP contribution is -2.51. The van der Waals surface area contributed by atoms with Gasteiger partial charge < -0.3 is 10.5 Å². The zero-order valence-corrected chi connectivity index (χ0v) is 13.8. The van der Waals surface area contributed by atoms with Crippen molar-refractivity contribution >= 4 is 21.6 Å². The number of hydrogen-bond donors (Lipinski definition) is 1. The molecule has 2 atom stereocenters. The van der Waals surface area contributed by atoms with Crippen molar-refractivity contribution in [2.75, 3.05) is 13.2 Å². The summed E-state index contributed by atoms with van der Waals surface area (Å²) in [6.07, 6.45) is 0.578. The third-order valence-corrected chi connectivity index (χ3v) is 6.11. The Kier molecular flexibility index (Phi) is 5.27. The standard InChI is InChI=1S/C14H21ClN2O3S/c1-3-12-9-20-10(2)8-17(12)21(18,19)14-5-4-11(7-16)6-13(14)15/h4-6,10,12H,3,7-9,16H2,1-2H3. The summed E-state index contributed by atoms with van der Waals surface area (Å²) in [5, 5.41) is 0.215. The van der Waals surface area contributed by atoms with Crippen molar-refractivity contribution in [3.8, 4) is 0 Å². The van der Waals surface area contributed by atoms with Crippen molar-refractivity contribution in [2.45, 2.75) is 43.9 Å². The van der Waals surface area contributed by atoms with Gasteiger partial charge in [0.1, 0.15) is 4.90 Å².